The minimum absolute atomic E-state index is 0.00741. The van der Waals surface area contributed by atoms with Gasteiger partial charge in [0.2, 0.25) is 0 Å². The Morgan fingerprint density at radius 1 is 1.38 bits per heavy atom. The second-order valence-corrected chi connectivity index (χ2v) is 3.16. The number of aromatic nitrogens is 1. The number of pyridine rings is 1. The van der Waals surface area contributed by atoms with E-state index >= 15 is 0 Å². The molecule has 0 radical (unpaired) electrons. The van der Waals surface area contributed by atoms with E-state index in [4.69, 9.17) is 5.11 Å². The normalized spacial score (nSPS) is 10.2. The van der Waals surface area contributed by atoms with Crippen LogP contribution in [0.25, 0.3) is 10.9 Å². The van der Waals surface area contributed by atoms with Gasteiger partial charge in [-0.15, -0.1) is 0 Å². The van der Waals surface area contributed by atoms with E-state index < -0.39 is 10.9 Å². The molecule has 16 heavy (non-hydrogen) atoms. The van der Waals surface area contributed by atoms with Gasteiger partial charge in [-0.1, -0.05) is 0 Å². The van der Waals surface area contributed by atoms with Gasteiger partial charge in [-0.05, 0) is 12.1 Å². The lowest BCUT2D eigenvalue weighted by atomic mass is 10.1. The first kappa shape index (κ1) is 10.0. The molecule has 1 N–H and O–H groups in total. The van der Waals surface area contributed by atoms with Crippen LogP contribution in [0.4, 0.5) is 5.69 Å². The average molecular weight is 218 g/mol. The van der Waals surface area contributed by atoms with E-state index in [1.165, 1.54) is 30.5 Å². The number of carbonyl (C=O) groups is 1. The molecule has 1 aromatic heterocycles. The molecule has 0 aliphatic heterocycles. The monoisotopic (exact) mass is 218 g/mol. The summed E-state index contributed by atoms with van der Waals surface area (Å²) >= 11 is 0. The molecule has 0 saturated heterocycles. The maximum Gasteiger partial charge on any atom is 0.337 e. The quantitative estimate of drug-likeness (QED) is 0.613. The molecule has 0 amide bonds. The number of carboxylic acids is 1. The Kier molecular flexibility index (Phi) is 2.24. The lowest BCUT2D eigenvalue weighted by Gasteiger charge is -1.98. The van der Waals surface area contributed by atoms with E-state index in [1.807, 2.05) is 0 Å². The third kappa shape index (κ3) is 1.68. The molecule has 0 unspecified atom stereocenters. The summed E-state index contributed by atoms with van der Waals surface area (Å²) < 4.78 is 0. The Morgan fingerprint density at radius 3 is 2.75 bits per heavy atom. The van der Waals surface area contributed by atoms with Crippen LogP contribution in [0.15, 0.2) is 30.5 Å². The first-order chi connectivity index (χ1) is 7.58. The molecule has 1 heterocycles. The summed E-state index contributed by atoms with van der Waals surface area (Å²) in [5, 5.41) is 19.7. The number of non-ortho nitro benzene ring substituents is 1. The number of benzene rings is 1. The van der Waals surface area contributed by atoms with Gasteiger partial charge in [0, 0.05) is 23.7 Å². The molecular weight excluding hydrogens is 212 g/mol. The number of hydrogen-bond donors (Lipinski definition) is 1. The van der Waals surface area contributed by atoms with E-state index in [1.54, 1.807) is 0 Å². The van der Waals surface area contributed by atoms with Gasteiger partial charge >= 0.3 is 5.97 Å². The van der Waals surface area contributed by atoms with Crippen molar-refractivity contribution in [3.63, 3.8) is 0 Å². The fourth-order valence-electron chi connectivity index (χ4n) is 1.35. The Balaban J connectivity index is 2.65. The molecular formula is C10H6N2O4. The van der Waals surface area contributed by atoms with Crippen molar-refractivity contribution in [2.75, 3.05) is 0 Å². The summed E-state index contributed by atoms with van der Waals surface area (Å²) in [5.74, 6) is -1.11. The van der Waals surface area contributed by atoms with Crippen LogP contribution >= 0.6 is 0 Å². The molecule has 0 spiro atoms. The summed E-state index contributed by atoms with van der Waals surface area (Å²) in [7, 11) is 0. The van der Waals surface area contributed by atoms with Crippen LogP contribution in [0.2, 0.25) is 0 Å². The van der Waals surface area contributed by atoms with E-state index in [9.17, 15) is 14.9 Å². The lowest BCUT2D eigenvalue weighted by molar-refractivity contribution is -0.384. The van der Waals surface area contributed by atoms with E-state index in [0.29, 0.717) is 10.9 Å². The fourth-order valence-corrected chi connectivity index (χ4v) is 1.35. The summed E-state index contributed by atoms with van der Waals surface area (Å²) in [4.78, 5) is 24.6. The molecule has 0 saturated carbocycles. The molecule has 0 fully saturated rings. The zero-order chi connectivity index (χ0) is 11.7. The van der Waals surface area contributed by atoms with Crippen molar-refractivity contribution < 1.29 is 14.8 Å². The number of fused-ring (bicyclic) bond motifs is 1. The number of carboxylic acid groups (broad SMARTS) is 1. The van der Waals surface area contributed by atoms with Crippen LogP contribution in [0.3, 0.4) is 0 Å². The summed E-state index contributed by atoms with van der Waals surface area (Å²) in [5.41, 5.74) is 0.445. The van der Waals surface area contributed by atoms with E-state index in [2.05, 4.69) is 4.98 Å². The molecule has 6 heteroatoms. The van der Waals surface area contributed by atoms with Crippen molar-refractivity contribution in [1.29, 1.82) is 0 Å². The second-order valence-electron chi connectivity index (χ2n) is 3.16. The highest BCUT2D eigenvalue weighted by molar-refractivity contribution is 5.92. The SMILES string of the molecule is O=C(O)c1cnc2ccc([N+](=O)[O-])cc2c1. The summed E-state index contributed by atoms with van der Waals surface area (Å²) in [6, 6.07) is 5.47. The zero-order valence-electron chi connectivity index (χ0n) is 7.95. The highest BCUT2D eigenvalue weighted by atomic mass is 16.6. The summed E-state index contributed by atoms with van der Waals surface area (Å²) in [6.45, 7) is 0. The van der Waals surface area contributed by atoms with Gasteiger partial charge in [0.15, 0.2) is 0 Å². The largest absolute Gasteiger partial charge is 0.478 e. The van der Waals surface area contributed by atoms with Gasteiger partial charge in [0.25, 0.3) is 5.69 Å². The fraction of sp³-hybridized carbons (Fsp3) is 0. The van der Waals surface area contributed by atoms with E-state index in [0.717, 1.165) is 0 Å². The molecule has 2 aromatic rings. The molecule has 0 aliphatic rings. The van der Waals surface area contributed by atoms with Crippen LogP contribution in [0.5, 0.6) is 0 Å². The molecule has 6 nitrogen and oxygen atoms in total. The van der Waals surface area contributed by atoms with Gasteiger partial charge < -0.3 is 5.11 Å². The number of rotatable bonds is 2. The van der Waals surface area contributed by atoms with Crippen molar-refractivity contribution in [2.45, 2.75) is 0 Å². The van der Waals surface area contributed by atoms with Gasteiger partial charge in [-0.2, -0.15) is 0 Å². The smallest absolute Gasteiger partial charge is 0.337 e. The number of aromatic carboxylic acids is 1. The van der Waals surface area contributed by atoms with E-state index in [-0.39, 0.29) is 11.3 Å². The molecule has 80 valence electrons. The van der Waals surface area contributed by atoms with Crippen LogP contribution in [0, 0.1) is 10.1 Å². The number of nitro groups is 1. The predicted molar refractivity (Wildman–Crippen MR) is 55.4 cm³/mol. The maximum atomic E-state index is 10.7. The van der Waals surface area contributed by atoms with Crippen LogP contribution in [-0.2, 0) is 0 Å². The highest BCUT2D eigenvalue weighted by Crippen LogP contribution is 2.20. The van der Waals surface area contributed by atoms with Crippen LogP contribution in [-0.4, -0.2) is 21.0 Å². The topological polar surface area (TPSA) is 93.3 Å². The number of nitrogens with zero attached hydrogens (tertiary/aromatic N) is 2. The highest BCUT2D eigenvalue weighted by Gasteiger charge is 2.09. The minimum atomic E-state index is -1.11. The van der Waals surface area contributed by atoms with Gasteiger partial charge in [-0.25, -0.2) is 4.79 Å². The average Bonchev–Trinajstić information content (AvgIpc) is 2.27. The molecule has 0 atom stereocenters. The summed E-state index contributed by atoms with van der Waals surface area (Å²) in [6.07, 6.45) is 1.22. The van der Waals surface area contributed by atoms with Gasteiger partial charge in [-0.3, -0.25) is 15.1 Å². The van der Waals surface area contributed by atoms with Gasteiger partial charge in [0.1, 0.15) is 0 Å². The Bertz CT molecular complexity index is 546. The van der Waals surface area contributed by atoms with Crippen molar-refractivity contribution in [2.24, 2.45) is 0 Å². The molecule has 1 aromatic carbocycles. The molecule has 0 bridgehead atoms. The zero-order valence-corrected chi connectivity index (χ0v) is 7.95. The first-order valence-electron chi connectivity index (χ1n) is 4.35. The Hall–Kier alpha value is -2.50. The van der Waals surface area contributed by atoms with Crippen molar-refractivity contribution in [1.82, 2.24) is 4.98 Å². The minimum Gasteiger partial charge on any atom is -0.478 e. The Morgan fingerprint density at radius 2 is 2.12 bits per heavy atom. The standard InChI is InChI=1S/C10H6N2O4/c13-10(14)7-3-6-4-8(12(15)16)1-2-9(6)11-5-7/h1-5H,(H,13,14). The molecule has 0 aliphatic carbocycles. The number of hydrogen-bond acceptors (Lipinski definition) is 4. The van der Waals surface area contributed by atoms with Crippen molar-refractivity contribution in [3.8, 4) is 0 Å². The second kappa shape index (κ2) is 3.58. The van der Waals surface area contributed by atoms with Crippen molar-refractivity contribution in [3.05, 3.63) is 46.1 Å². The number of nitro benzene ring substituents is 1. The van der Waals surface area contributed by atoms with Crippen LogP contribution in [0.1, 0.15) is 10.4 Å². The van der Waals surface area contributed by atoms with Gasteiger partial charge in [0.05, 0.1) is 16.0 Å². The molecule has 2 rings (SSSR count). The third-order valence-electron chi connectivity index (χ3n) is 2.12. The van der Waals surface area contributed by atoms with Crippen molar-refractivity contribution >= 4 is 22.6 Å². The lowest BCUT2D eigenvalue weighted by Crippen LogP contribution is -1.97. The Labute approximate surface area is 89.3 Å². The first-order valence-corrected chi connectivity index (χ1v) is 4.35. The predicted octanol–water partition coefficient (Wildman–Crippen LogP) is 1.84. The third-order valence-corrected chi connectivity index (χ3v) is 2.12. The van der Waals surface area contributed by atoms with Crippen LogP contribution < -0.4 is 0 Å². The maximum absolute atomic E-state index is 10.7.